The van der Waals surface area contributed by atoms with Gasteiger partial charge in [0.2, 0.25) is 5.91 Å². The predicted molar refractivity (Wildman–Crippen MR) is 104 cm³/mol. The van der Waals surface area contributed by atoms with Crippen LogP contribution in [0.2, 0.25) is 0 Å². The zero-order valence-electron chi connectivity index (χ0n) is 16.3. The van der Waals surface area contributed by atoms with Crippen LogP contribution in [0.1, 0.15) is 62.2 Å². The molecule has 1 saturated carbocycles. The van der Waals surface area contributed by atoms with Gasteiger partial charge in [-0.05, 0) is 32.3 Å². The van der Waals surface area contributed by atoms with E-state index in [0.717, 1.165) is 25.7 Å². The van der Waals surface area contributed by atoms with Crippen molar-refractivity contribution in [1.82, 2.24) is 4.90 Å². The summed E-state index contributed by atoms with van der Waals surface area (Å²) in [4.78, 5) is 36.7. The Morgan fingerprint density at radius 1 is 1.29 bits per heavy atom. The van der Waals surface area contributed by atoms with Crippen molar-refractivity contribution < 1.29 is 24.4 Å². The van der Waals surface area contributed by atoms with Crippen LogP contribution in [0.3, 0.4) is 0 Å². The van der Waals surface area contributed by atoms with Crippen LogP contribution in [0.15, 0.2) is 18.2 Å². The predicted octanol–water partition coefficient (Wildman–Crippen LogP) is 3.11. The summed E-state index contributed by atoms with van der Waals surface area (Å²) in [5, 5.41) is 20.4. The minimum absolute atomic E-state index is 0.0182. The Hall–Kier alpha value is -2.48. The summed E-state index contributed by atoms with van der Waals surface area (Å²) in [5.41, 5.74) is -0.338. The molecule has 1 aromatic rings. The van der Waals surface area contributed by atoms with Gasteiger partial charge in [0.25, 0.3) is 5.69 Å². The van der Waals surface area contributed by atoms with Crippen molar-refractivity contribution in [1.29, 1.82) is 0 Å². The Labute approximate surface area is 164 Å². The molecule has 0 aliphatic heterocycles. The number of amides is 1. The number of nitrogens with zero attached hydrogens (tertiary/aromatic N) is 2. The molecule has 28 heavy (non-hydrogen) atoms. The Kier molecular flexibility index (Phi) is 8.38. The van der Waals surface area contributed by atoms with Crippen LogP contribution in [0.5, 0.6) is 5.75 Å². The lowest BCUT2D eigenvalue weighted by Gasteiger charge is -2.34. The monoisotopic (exact) mass is 392 g/mol. The summed E-state index contributed by atoms with van der Waals surface area (Å²) in [7, 11) is 0. The van der Waals surface area contributed by atoms with E-state index in [2.05, 4.69) is 0 Å². The molecular weight excluding hydrogens is 364 g/mol. The second-order valence-electron chi connectivity index (χ2n) is 7.02. The molecule has 1 fully saturated rings. The minimum atomic E-state index is -0.607. The number of nitro benzene ring substituents is 1. The van der Waals surface area contributed by atoms with Crippen LogP contribution < -0.4 is 4.74 Å². The molecule has 0 saturated heterocycles. The topological polar surface area (TPSA) is 110 Å². The molecule has 1 aliphatic carbocycles. The number of benzene rings is 1. The molecule has 2 rings (SSSR count). The smallest absolute Gasteiger partial charge is 0.283 e. The van der Waals surface area contributed by atoms with Crippen LogP contribution in [0.4, 0.5) is 5.69 Å². The Bertz CT molecular complexity index is 700. The molecular formula is C20H28N2O6. The highest BCUT2D eigenvalue weighted by atomic mass is 16.6. The molecule has 154 valence electrons. The van der Waals surface area contributed by atoms with E-state index in [0.29, 0.717) is 13.0 Å². The van der Waals surface area contributed by atoms with Gasteiger partial charge in [-0.3, -0.25) is 19.7 Å². The van der Waals surface area contributed by atoms with Crippen molar-refractivity contribution in [2.24, 2.45) is 0 Å². The summed E-state index contributed by atoms with van der Waals surface area (Å²) >= 11 is 0. The van der Waals surface area contributed by atoms with E-state index in [4.69, 9.17) is 4.74 Å². The first-order valence-corrected chi connectivity index (χ1v) is 9.77. The molecule has 0 unspecified atom stereocenters. The number of nitro groups is 1. The third kappa shape index (κ3) is 5.76. The first-order valence-electron chi connectivity index (χ1n) is 9.77. The van der Waals surface area contributed by atoms with Gasteiger partial charge in [0, 0.05) is 25.1 Å². The number of ketones is 1. The molecule has 1 aliphatic rings. The summed E-state index contributed by atoms with van der Waals surface area (Å²) < 4.78 is 5.58. The number of ether oxygens (including phenoxy) is 1. The van der Waals surface area contributed by atoms with Gasteiger partial charge in [-0.1, -0.05) is 25.3 Å². The summed E-state index contributed by atoms with van der Waals surface area (Å²) in [5.74, 6) is -0.297. The zero-order valence-corrected chi connectivity index (χ0v) is 16.3. The van der Waals surface area contributed by atoms with Crippen LogP contribution in [0.25, 0.3) is 0 Å². The van der Waals surface area contributed by atoms with Crippen molar-refractivity contribution in [2.75, 3.05) is 19.8 Å². The number of aliphatic hydroxyl groups excluding tert-OH is 1. The van der Waals surface area contributed by atoms with Gasteiger partial charge in [-0.25, -0.2) is 0 Å². The van der Waals surface area contributed by atoms with Gasteiger partial charge >= 0.3 is 0 Å². The Morgan fingerprint density at radius 2 is 2.00 bits per heavy atom. The molecule has 0 aromatic heterocycles. The van der Waals surface area contributed by atoms with Gasteiger partial charge < -0.3 is 14.7 Å². The van der Waals surface area contributed by atoms with E-state index in [1.165, 1.54) is 31.5 Å². The molecule has 0 radical (unpaired) electrons. The van der Waals surface area contributed by atoms with Gasteiger partial charge in [0.05, 0.1) is 18.1 Å². The number of aliphatic hydroxyl groups is 1. The molecule has 1 N–H and O–H groups in total. The number of carbonyl (C=O) groups excluding carboxylic acids is 2. The first kappa shape index (κ1) is 21.8. The molecule has 8 heteroatoms. The molecule has 1 aromatic carbocycles. The molecule has 0 heterocycles. The average Bonchev–Trinajstić information content (AvgIpc) is 2.69. The molecule has 0 spiro atoms. The standard InChI is InChI=1S/C20H28N2O6/c1-15(24)20-17(22(26)27)9-5-10-18(20)28-14-6-11-19(25)21(12-13-23)16-7-3-2-4-8-16/h5,9-10,16,23H,2-4,6-8,11-14H2,1H3. The number of rotatable bonds is 10. The van der Waals surface area contributed by atoms with Crippen molar-refractivity contribution in [3.05, 3.63) is 33.9 Å². The van der Waals surface area contributed by atoms with Gasteiger partial charge in [0.15, 0.2) is 5.78 Å². The SMILES string of the molecule is CC(=O)c1c(OCCCC(=O)N(CCO)C2CCCCC2)cccc1[N+](=O)[O-]. The zero-order chi connectivity index (χ0) is 20.5. The second-order valence-corrected chi connectivity index (χ2v) is 7.02. The van der Waals surface area contributed by atoms with Gasteiger partial charge in [-0.2, -0.15) is 0 Å². The quantitative estimate of drug-likeness (QED) is 0.283. The normalized spacial score (nSPS) is 14.5. The van der Waals surface area contributed by atoms with E-state index in [1.807, 2.05) is 0 Å². The van der Waals surface area contributed by atoms with E-state index in [1.54, 1.807) is 4.90 Å². The highest BCUT2D eigenvalue weighted by Crippen LogP contribution is 2.29. The lowest BCUT2D eigenvalue weighted by molar-refractivity contribution is -0.385. The Morgan fingerprint density at radius 3 is 2.61 bits per heavy atom. The van der Waals surface area contributed by atoms with E-state index in [-0.39, 0.29) is 48.6 Å². The van der Waals surface area contributed by atoms with Crippen LogP contribution in [-0.2, 0) is 4.79 Å². The maximum atomic E-state index is 12.6. The third-order valence-electron chi connectivity index (χ3n) is 5.02. The summed E-state index contributed by atoms with van der Waals surface area (Å²) in [6.45, 7) is 1.71. The molecule has 0 bridgehead atoms. The fraction of sp³-hybridized carbons (Fsp3) is 0.600. The maximum absolute atomic E-state index is 12.6. The fourth-order valence-corrected chi connectivity index (χ4v) is 3.71. The number of hydrogen-bond donors (Lipinski definition) is 1. The van der Waals surface area contributed by atoms with E-state index < -0.39 is 10.7 Å². The molecule has 0 atom stereocenters. The number of Topliss-reactive ketones (excluding diaryl/α,β-unsaturated/α-hetero) is 1. The second kappa shape index (κ2) is 10.8. The third-order valence-corrected chi connectivity index (χ3v) is 5.02. The van der Waals surface area contributed by atoms with E-state index >= 15 is 0 Å². The molecule has 1 amide bonds. The van der Waals surface area contributed by atoms with Crippen molar-refractivity contribution >= 4 is 17.4 Å². The lowest BCUT2D eigenvalue weighted by atomic mass is 9.94. The van der Waals surface area contributed by atoms with Crippen LogP contribution in [-0.4, -0.2) is 52.4 Å². The van der Waals surface area contributed by atoms with Crippen molar-refractivity contribution in [3.8, 4) is 5.75 Å². The fourth-order valence-electron chi connectivity index (χ4n) is 3.71. The Balaban J connectivity index is 1.92. The summed E-state index contributed by atoms with van der Waals surface area (Å²) in [6, 6.07) is 4.45. The molecule has 8 nitrogen and oxygen atoms in total. The maximum Gasteiger partial charge on any atom is 0.283 e. The van der Waals surface area contributed by atoms with E-state index in [9.17, 15) is 24.8 Å². The number of carbonyl (C=O) groups is 2. The highest BCUT2D eigenvalue weighted by molar-refractivity contribution is 6.00. The average molecular weight is 392 g/mol. The minimum Gasteiger partial charge on any atom is -0.493 e. The van der Waals surface area contributed by atoms with Gasteiger partial charge in [-0.15, -0.1) is 0 Å². The first-order chi connectivity index (χ1) is 13.5. The lowest BCUT2D eigenvalue weighted by Crippen LogP contribution is -2.43. The van der Waals surface area contributed by atoms with Crippen molar-refractivity contribution in [2.45, 2.75) is 57.9 Å². The summed E-state index contributed by atoms with van der Waals surface area (Å²) in [6.07, 6.45) is 6.02. The number of hydrogen-bond acceptors (Lipinski definition) is 6. The van der Waals surface area contributed by atoms with Crippen LogP contribution >= 0.6 is 0 Å². The van der Waals surface area contributed by atoms with Crippen LogP contribution in [0, 0.1) is 10.1 Å². The van der Waals surface area contributed by atoms with Crippen molar-refractivity contribution in [3.63, 3.8) is 0 Å². The van der Waals surface area contributed by atoms with Gasteiger partial charge in [0.1, 0.15) is 11.3 Å². The largest absolute Gasteiger partial charge is 0.493 e. The highest BCUT2D eigenvalue weighted by Gasteiger charge is 2.25.